The minimum atomic E-state index is -3.11. The van der Waals surface area contributed by atoms with Crippen molar-refractivity contribution in [3.05, 3.63) is 71.3 Å². The molecule has 15 heteroatoms. The van der Waals surface area contributed by atoms with Crippen molar-refractivity contribution in [3.8, 4) is 17.0 Å². The van der Waals surface area contributed by atoms with Crippen molar-refractivity contribution in [3.63, 3.8) is 0 Å². The van der Waals surface area contributed by atoms with Gasteiger partial charge >= 0.3 is 6.61 Å². The second kappa shape index (κ2) is 13.3. The number of halogens is 3. The average Bonchev–Trinajstić information content (AvgIpc) is 3.78. The molecule has 2 aliphatic rings. The summed E-state index contributed by atoms with van der Waals surface area (Å²) in [5.41, 5.74) is 2.16. The van der Waals surface area contributed by atoms with Crippen LogP contribution in [0.25, 0.3) is 16.9 Å². The number of ether oxygens (including phenoxy) is 2. The Labute approximate surface area is 262 Å². The number of fused-ring (bicyclic) bond motifs is 1. The minimum absolute atomic E-state index is 0.101. The predicted octanol–water partition coefficient (Wildman–Crippen LogP) is 3.98. The summed E-state index contributed by atoms with van der Waals surface area (Å²) in [6.07, 6.45) is 9.80. The SMILES string of the molecule is CN(CC1=CCOC1)C1CCN(C(=O)Cn2cc(NC(=O)c3cnn4cccnc34)c(-c3cc(Cl)ccc3OC(F)F)n2)CC1. The fourth-order valence-electron chi connectivity index (χ4n) is 5.64. The Kier molecular flexibility index (Phi) is 9.05. The van der Waals surface area contributed by atoms with Crippen LogP contribution in [-0.2, 0) is 16.1 Å². The van der Waals surface area contributed by atoms with Crippen LogP contribution in [0.1, 0.15) is 23.2 Å². The number of hydrogen-bond acceptors (Lipinski definition) is 8. The highest BCUT2D eigenvalue weighted by Crippen LogP contribution is 2.37. The number of nitrogens with one attached hydrogen (secondary N) is 1. The average molecular weight is 641 g/mol. The molecule has 2 amide bonds. The highest BCUT2D eigenvalue weighted by molar-refractivity contribution is 6.31. The predicted molar refractivity (Wildman–Crippen MR) is 161 cm³/mol. The van der Waals surface area contributed by atoms with Crippen LogP contribution in [0.5, 0.6) is 5.75 Å². The zero-order valence-electron chi connectivity index (χ0n) is 24.4. The summed E-state index contributed by atoms with van der Waals surface area (Å²) in [6, 6.07) is 6.14. The third kappa shape index (κ3) is 6.97. The summed E-state index contributed by atoms with van der Waals surface area (Å²) in [7, 11) is 2.09. The van der Waals surface area contributed by atoms with Gasteiger partial charge in [0.2, 0.25) is 5.91 Å². The lowest BCUT2D eigenvalue weighted by molar-refractivity contribution is -0.133. The molecule has 0 radical (unpaired) electrons. The number of hydrogen-bond donors (Lipinski definition) is 1. The van der Waals surface area contributed by atoms with Crippen LogP contribution in [0, 0.1) is 0 Å². The number of carbonyl (C=O) groups excluding carboxylic acids is 2. The van der Waals surface area contributed by atoms with Gasteiger partial charge in [-0.1, -0.05) is 17.7 Å². The Hall–Kier alpha value is -4.40. The van der Waals surface area contributed by atoms with Gasteiger partial charge in [0.25, 0.3) is 5.91 Å². The van der Waals surface area contributed by atoms with E-state index in [9.17, 15) is 18.4 Å². The molecule has 0 saturated carbocycles. The second-order valence-corrected chi connectivity index (χ2v) is 11.3. The number of likely N-dealkylation sites (N-methyl/N-ethyl adjacent to an activating group) is 1. The van der Waals surface area contributed by atoms with Gasteiger partial charge in [-0.25, -0.2) is 9.50 Å². The van der Waals surface area contributed by atoms with Gasteiger partial charge in [0.05, 0.1) is 25.1 Å². The van der Waals surface area contributed by atoms with Gasteiger partial charge < -0.3 is 19.7 Å². The molecule has 45 heavy (non-hydrogen) atoms. The number of amides is 2. The van der Waals surface area contributed by atoms with Crippen LogP contribution >= 0.6 is 11.6 Å². The quantitative estimate of drug-likeness (QED) is 0.259. The summed E-state index contributed by atoms with van der Waals surface area (Å²) in [6.45, 7) is 0.102. The van der Waals surface area contributed by atoms with Gasteiger partial charge in [-0.05, 0) is 49.7 Å². The van der Waals surface area contributed by atoms with Crippen molar-refractivity contribution in [2.75, 3.05) is 45.2 Å². The third-order valence-electron chi connectivity index (χ3n) is 7.91. The van der Waals surface area contributed by atoms with Crippen LogP contribution < -0.4 is 10.1 Å². The van der Waals surface area contributed by atoms with E-state index in [0.29, 0.717) is 38.0 Å². The number of piperidine rings is 1. The standard InChI is InChI=1S/C30H31ClF2N8O4/c1-38(15-19-7-12-44-18-19)21-5-10-39(11-6-21)26(42)17-40-16-24(36-29(43)23-14-35-41-9-2-8-34-28(23)41)27(37-40)22-13-20(31)3-4-25(22)45-30(32)33/h2-4,7-9,13-14,16,21,30H,5-6,10-12,15,17-18H2,1H3,(H,36,43). The van der Waals surface area contributed by atoms with E-state index in [4.69, 9.17) is 21.1 Å². The van der Waals surface area contributed by atoms with E-state index in [1.165, 1.54) is 51.6 Å². The Morgan fingerprint density at radius 3 is 2.84 bits per heavy atom. The third-order valence-corrected chi connectivity index (χ3v) is 8.15. The van der Waals surface area contributed by atoms with E-state index in [0.717, 1.165) is 19.4 Å². The van der Waals surface area contributed by atoms with Crippen molar-refractivity contribution in [1.82, 2.24) is 34.2 Å². The fraction of sp³-hybridized carbons (Fsp3) is 0.367. The lowest BCUT2D eigenvalue weighted by Gasteiger charge is -2.37. The van der Waals surface area contributed by atoms with Crippen LogP contribution in [0.4, 0.5) is 14.5 Å². The number of aromatic nitrogens is 5. The zero-order valence-corrected chi connectivity index (χ0v) is 25.2. The summed E-state index contributed by atoms with van der Waals surface area (Å²) in [5, 5.41) is 11.7. The normalized spacial score (nSPS) is 15.7. The Morgan fingerprint density at radius 2 is 2.09 bits per heavy atom. The maximum Gasteiger partial charge on any atom is 0.387 e. The topological polar surface area (TPSA) is 119 Å². The molecule has 0 aliphatic carbocycles. The number of carbonyl (C=O) groups is 2. The van der Waals surface area contributed by atoms with Crippen LogP contribution in [0.3, 0.4) is 0 Å². The molecule has 5 heterocycles. The maximum atomic E-state index is 13.4. The Morgan fingerprint density at radius 1 is 1.27 bits per heavy atom. The molecule has 0 spiro atoms. The zero-order chi connectivity index (χ0) is 31.5. The number of rotatable bonds is 10. The highest BCUT2D eigenvalue weighted by atomic mass is 35.5. The molecule has 1 saturated heterocycles. The van der Waals surface area contributed by atoms with Gasteiger partial charge in [-0.2, -0.15) is 19.0 Å². The van der Waals surface area contributed by atoms with E-state index in [2.05, 4.69) is 38.5 Å². The molecule has 1 N–H and O–H groups in total. The first-order chi connectivity index (χ1) is 21.7. The lowest BCUT2D eigenvalue weighted by atomic mass is 10.0. The molecule has 1 aromatic carbocycles. The highest BCUT2D eigenvalue weighted by Gasteiger charge is 2.27. The number of nitrogens with zero attached hydrogens (tertiary/aromatic N) is 7. The first-order valence-electron chi connectivity index (χ1n) is 14.4. The molecule has 236 valence electrons. The van der Waals surface area contributed by atoms with Gasteiger partial charge in [-0.15, -0.1) is 0 Å². The van der Waals surface area contributed by atoms with Gasteiger partial charge in [-0.3, -0.25) is 19.2 Å². The Bertz CT molecular complexity index is 1730. The first kappa shape index (κ1) is 30.6. The van der Waals surface area contributed by atoms with Crippen LogP contribution in [0.15, 0.2) is 60.7 Å². The molecule has 12 nitrogen and oxygen atoms in total. The molecule has 3 aromatic heterocycles. The van der Waals surface area contributed by atoms with Crippen molar-refractivity contribution in [2.45, 2.75) is 32.0 Å². The second-order valence-electron chi connectivity index (χ2n) is 10.9. The fourth-order valence-corrected chi connectivity index (χ4v) is 5.81. The number of likely N-dealkylation sites (tertiary alicyclic amines) is 1. The van der Waals surface area contributed by atoms with Gasteiger partial charge in [0.15, 0.2) is 5.65 Å². The largest absolute Gasteiger partial charge is 0.434 e. The molecular formula is C30H31ClF2N8O4. The molecule has 1 fully saturated rings. The van der Waals surface area contributed by atoms with Gasteiger partial charge in [0.1, 0.15) is 23.6 Å². The smallest absolute Gasteiger partial charge is 0.387 e. The molecule has 0 unspecified atom stereocenters. The molecule has 0 bridgehead atoms. The van der Waals surface area contributed by atoms with Gasteiger partial charge in [0, 0.05) is 54.9 Å². The van der Waals surface area contributed by atoms with Crippen molar-refractivity contribution in [2.24, 2.45) is 0 Å². The molecule has 0 atom stereocenters. The Balaban J connectivity index is 1.22. The minimum Gasteiger partial charge on any atom is -0.434 e. The number of alkyl halides is 2. The summed E-state index contributed by atoms with van der Waals surface area (Å²) >= 11 is 6.22. The molecular weight excluding hydrogens is 610 g/mol. The van der Waals surface area contributed by atoms with Crippen LogP contribution in [0.2, 0.25) is 5.02 Å². The van der Waals surface area contributed by atoms with Crippen LogP contribution in [-0.4, -0.2) is 98.5 Å². The summed E-state index contributed by atoms with van der Waals surface area (Å²) in [5.74, 6) is -0.901. The molecule has 4 aromatic rings. The van der Waals surface area contributed by atoms with Crippen molar-refractivity contribution >= 4 is 34.7 Å². The van der Waals surface area contributed by atoms with E-state index >= 15 is 0 Å². The monoisotopic (exact) mass is 640 g/mol. The number of benzene rings is 1. The first-order valence-corrected chi connectivity index (χ1v) is 14.8. The van der Waals surface area contributed by atoms with E-state index in [1.807, 2.05) is 0 Å². The summed E-state index contributed by atoms with van der Waals surface area (Å²) < 4.78 is 39.6. The molecule has 6 rings (SSSR count). The lowest BCUT2D eigenvalue weighted by Crippen LogP contribution is -2.46. The van der Waals surface area contributed by atoms with E-state index in [1.54, 1.807) is 17.2 Å². The van der Waals surface area contributed by atoms with E-state index in [-0.39, 0.29) is 45.7 Å². The van der Waals surface area contributed by atoms with E-state index < -0.39 is 12.5 Å². The number of anilines is 1. The van der Waals surface area contributed by atoms with Crippen molar-refractivity contribution in [1.29, 1.82) is 0 Å². The molecule has 2 aliphatic heterocycles. The maximum absolute atomic E-state index is 13.4. The van der Waals surface area contributed by atoms with Crippen molar-refractivity contribution < 1.29 is 27.8 Å². The summed E-state index contributed by atoms with van der Waals surface area (Å²) in [4.78, 5) is 35.1.